The fourth-order valence-corrected chi connectivity index (χ4v) is 5.35. The van der Waals surface area contributed by atoms with E-state index in [0.717, 1.165) is 23.5 Å². The molecular weight excluding hydrogens is 613 g/mol. The molecule has 222 valence electrons. The van der Waals surface area contributed by atoms with Crippen LogP contribution in [0.4, 0.5) is 22.4 Å². The molecule has 0 radical (unpaired) electrons. The van der Waals surface area contributed by atoms with E-state index in [2.05, 4.69) is 14.9 Å². The first-order chi connectivity index (χ1) is 18.9. The summed E-state index contributed by atoms with van der Waals surface area (Å²) in [5.74, 6) is -1.44. The minimum atomic E-state index is -4.89. The highest BCUT2D eigenvalue weighted by atomic mass is 35.5. The zero-order chi connectivity index (χ0) is 30.3. The Morgan fingerprint density at radius 2 is 1.78 bits per heavy atom. The van der Waals surface area contributed by atoms with Gasteiger partial charge in [0.1, 0.15) is 33.7 Å². The van der Waals surface area contributed by atoms with Gasteiger partial charge in [0.2, 0.25) is 0 Å². The summed E-state index contributed by atoms with van der Waals surface area (Å²) >= 11 is 13.4. The SMILES string of the molecule is CC(C)(C)OC(=O)N1[C@@H](COc2cc(Cl)c(-c3nnc(-c4ccc(OC(F)(F)F)c(Cl)c4)s3)cc2F)COC1(C)C. The smallest absolute Gasteiger partial charge is 0.488 e. The van der Waals surface area contributed by atoms with E-state index >= 15 is 4.39 Å². The fraction of sp³-hybridized carbons (Fsp3) is 0.423. The molecule has 1 aromatic heterocycles. The molecule has 4 rings (SSSR count). The highest BCUT2D eigenvalue weighted by Gasteiger charge is 2.46. The Morgan fingerprint density at radius 3 is 2.41 bits per heavy atom. The average molecular weight is 638 g/mol. The Hall–Kier alpha value is -2.87. The number of hydrogen-bond acceptors (Lipinski definition) is 8. The lowest BCUT2D eigenvalue weighted by molar-refractivity contribution is -0.274. The summed E-state index contributed by atoms with van der Waals surface area (Å²) in [5, 5.41) is 8.46. The van der Waals surface area contributed by atoms with Crippen LogP contribution in [-0.4, -0.2) is 58.1 Å². The number of carbonyl (C=O) groups excluding carboxylic acids is 1. The van der Waals surface area contributed by atoms with Crippen molar-refractivity contribution in [3.05, 3.63) is 46.2 Å². The van der Waals surface area contributed by atoms with Gasteiger partial charge >= 0.3 is 12.5 Å². The van der Waals surface area contributed by atoms with E-state index in [1.165, 1.54) is 23.1 Å². The van der Waals surface area contributed by atoms with E-state index < -0.39 is 41.4 Å². The van der Waals surface area contributed by atoms with Crippen LogP contribution in [0.15, 0.2) is 30.3 Å². The maximum atomic E-state index is 15.1. The third-order valence-corrected chi connectivity index (χ3v) is 7.29. The fourth-order valence-electron chi connectivity index (χ4n) is 3.97. The molecule has 1 fully saturated rings. The molecule has 41 heavy (non-hydrogen) atoms. The van der Waals surface area contributed by atoms with Gasteiger partial charge in [-0.15, -0.1) is 23.4 Å². The second-order valence-corrected chi connectivity index (χ2v) is 12.2. The van der Waals surface area contributed by atoms with Crippen LogP contribution in [0.3, 0.4) is 0 Å². The second-order valence-electron chi connectivity index (χ2n) is 10.4. The first kappa shape index (κ1) is 31.1. The quantitative estimate of drug-likeness (QED) is 0.253. The van der Waals surface area contributed by atoms with Crippen LogP contribution in [0.25, 0.3) is 21.1 Å². The van der Waals surface area contributed by atoms with Crippen molar-refractivity contribution in [1.82, 2.24) is 15.1 Å². The number of aromatic nitrogens is 2. The molecule has 1 aliphatic rings. The second kappa shape index (κ2) is 11.4. The molecule has 1 saturated heterocycles. The number of benzene rings is 2. The number of nitrogens with zero attached hydrogens (tertiary/aromatic N) is 3. The lowest BCUT2D eigenvalue weighted by Gasteiger charge is -2.35. The lowest BCUT2D eigenvalue weighted by atomic mass is 10.2. The van der Waals surface area contributed by atoms with Crippen molar-refractivity contribution in [2.45, 2.75) is 58.3 Å². The van der Waals surface area contributed by atoms with Gasteiger partial charge in [-0.25, -0.2) is 9.18 Å². The molecule has 2 heterocycles. The van der Waals surface area contributed by atoms with E-state index in [9.17, 15) is 18.0 Å². The number of ether oxygens (including phenoxy) is 4. The van der Waals surface area contributed by atoms with Crippen molar-refractivity contribution in [3.8, 4) is 32.6 Å². The highest BCUT2D eigenvalue weighted by molar-refractivity contribution is 7.18. The molecule has 0 N–H and O–H groups in total. The van der Waals surface area contributed by atoms with Gasteiger partial charge in [-0.3, -0.25) is 4.90 Å². The first-order valence-corrected chi connectivity index (χ1v) is 13.7. The van der Waals surface area contributed by atoms with Gasteiger partial charge in [-0.1, -0.05) is 34.5 Å². The third-order valence-electron chi connectivity index (χ3n) is 5.68. The lowest BCUT2D eigenvalue weighted by Crippen LogP contribution is -2.51. The summed E-state index contributed by atoms with van der Waals surface area (Å²) in [6, 6.07) is 5.52. The Bertz CT molecular complexity index is 1450. The van der Waals surface area contributed by atoms with Gasteiger partial charge in [-0.05, 0) is 58.9 Å². The van der Waals surface area contributed by atoms with E-state index in [-0.39, 0.29) is 39.6 Å². The minimum absolute atomic E-state index is 0.0902. The van der Waals surface area contributed by atoms with E-state index in [0.29, 0.717) is 10.6 Å². The van der Waals surface area contributed by atoms with Crippen molar-refractivity contribution in [2.75, 3.05) is 13.2 Å². The molecule has 1 aliphatic heterocycles. The first-order valence-electron chi connectivity index (χ1n) is 12.1. The summed E-state index contributed by atoms with van der Waals surface area (Å²) in [5.41, 5.74) is -1.08. The number of halogens is 6. The molecule has 0 spiro atoms. The molecule has 0 bridgehead atoms. The van der Waals surface area contributed by atoms with Crippen molar-refractivity contribution in [3.63, 3.8) is 0 Å². The van der Waals surface area contributed by atoms with Crippen molar-refractivity contribution >= 4 is 40.6 Å². The van der Waals surface area contributed by atoms with Gasteiger partial charge in [0.15, 0.2) is 11.6 Å². The molecule has 0 aliphatic carbocycles. The Morgan fingerprint density at radius 1 is 1.10 bits per heavy atom. The van der Waals surface area contributed by atoms with Crippen LogP contribution < -0.4 is 9.47 Å². The molecule has 0 unspecified atom stereocenters. The number of carbonyl (C=O) groups is 1. The molecule has 15 heteroatoms. The summed E-state index contributed by atoms with van der Waals surface area (Å²) in [6.45, 7) is 8.75. The van der Waals surface area contributed by atoms with Gasteiger partial charge < -0.3 is 18.9 Å². The molecule has 8 nitrogen and oxygen atoms in total. The molecule has 1 amide bonds. The monoisotopic (exact) mass is 637 g/mol. The normalized spacial score (nSPS) is 17.0. The van der Waals surface area contributed by atoms with E-state index in [1.807, 2.05) is 0 Å². The van der Waals surface area contributed by atoms with Crippen molar-refractivity contribution in [1.29, 1.82) is 0 Å². The Labute approximate surface area is 247 Å². The Balaban J connectivity index is 1.49. The Kier molecular flexibility index (Phi) is 8.66. The largest absolute Gasteiger partial charge is 0.573 e. The van der Waals surface area contributed by atoms with Gasteiger partial charge in [0.05, 0.1) is 22.7 Å². The summed E-state index contributed by atoms with van der Waals surface area (Å²) in [6.07, 6.45) is -5.48. The van der Waals surface area contributed by atoms with Crippen LogP contribution >= 0.6 is 34.5 Å². The van der Waals surface area contributed by atoms with Crippen LogP contribution in [0, 0.1) is 5.82 Å². The molecule has 0 saturated carbocycles. The van der Waals surface area contributed by atoms with Crippen molar-refractivity contribution in [2.24, 2.45) is 0 Å². The topological polar surface area (TPSA) is 83.0 Å². The van der Waals surface area contributed by atoms with Gasteiger partial charge in [0, 0.05) is 17.2 Å². The molecule has 3 aromatic rings. The predicted molar refractivity (Wildman–Crippen MR) is 145 cm³/mol. The third kappa shape index (κ3) is 7.51. The average Bonchev–Trinajstić information content (AvgIpc) is 3.43. The maximum Gasteiger partial charge on any atom is 0.573 e. The summed E-state index contributed by atoms with van der Waals surface area (Å²) in [4.78, 5) is 14.2. The van der Waals surface area contributed by atoms with E-state index in [4.69, 9.17) is 37.4 Å². The zero-order valence-electron chi connectivity index (χ0n) is 22.4. The van der Waals surface area contributed by atoms with Crippen LogP contribution in [0.5, 0.6) is 11.5 Å². The van der Waals surface area contributed by atoms with Gasteiger partial charge in [0.25, 0.3) is 0 Å². The van der Waals surface area contributed by atoms with Crippen molar-refractivity contribution < 1.29 is 41.3 Å². The number of amides is 1. The number of hydrogen-bond donors (Lipinski definition) is 0. The molecule has 2 aromatic carbocycles. The highest BCUT2D eigenvalue weighted by Crippen LogP contribution is 2.39. The summed E-state index contributed by atoms with van der Waals surface area (Å²) < 4.78 is 73.5. The predicted octanol–water partition coefficient (Wildman–Crippen LogP) is 7.97. The van der Waals surface area contributed by atoms with Crippen LogP contribution in [-0.2, 0) is 9.47 Å². The minimum Gasteiger partial charge on any atom is -0.488 e. The van der Waals surface area contributed by atoms with Gasteiger partial charge in [-0.2, -0.15) is 0 Å². The zero-order valence-corrected chi connectivity index (χ0v) is 24.8. The standard InChI is InChI=1S/C26H25Cl2F4N3O5S/c1-24(2,3)40-23(36)35-14(12-38-25(35,4)5)11-37-20-10-16(27)15(9-18(20)29)22-34-33-21(41-22)13-6-7-19(17(28)8-13)39-26(30,31)32/h6-10,14H,11-12H2,1-5H3/t14-/m0/s1. The maximum absolute atomic E-state index is 15.1. The van der Waals surface area contributed by atoms with Crippen LogP contribution in [0.2, 0.25) is 10.0 Å². The number of rotatable bonds is 6. The van der Waals surface area contributed by atoms with Crippen LogP contribution in [0.1, 0.15) is 34.6 Å². The summed E-state index contributed by atoms with van der Waals surface area (Å²) in [7, 11) is 0. The molecule has 1 atom stereocenters. The van der Waals surface area contributed by atoms with E-state index in [1.54, 1.807) is 34.6 Å². The molecular formula is C26H25Cl2F4N3O5S. The number of alkyl halides is 3.